The number of aliphatic hydroxyl groups is 5. The van der Waals surface area contributed by atoms with Crippen molar-refractivity contribution in [3.05, 3.63) is 232 Å². The van der Waals surface area contributed by atoms with Gasteiger partial charge in [0, 0.05) is 29.1 Å². The topological polar surface area (TPSA) is 131 Å². The third-order valence-corrected chi connectivity index (χ3v) is 32.4. The quantitative estimate of drug-likeness (QED) is 0.0467. The number of hydrogen-bond donors (Lipinski definition) is 6. The molecule has 12 atom stereocenters. The normalized spacial score (nSPS) is 29.4. The number of aryl methyl sites for hydroxylation is 8. The van der Waals surface area contributed by atoms with Gasteiger partial charge in [0.2, 0.25) is 0 Å². The van der Waals surface area contributed by atoms with E-state index >= 15 is 0 Å². The van der Waals surface area contributed by atoms with Crippen molar-refractivity contribution in [3.8, 4) is 34.8 Å². The molecule has 5 aromatic rings. The molecule has 0 unspecified atom stereocenters. The van der Waals surface area contributed by atoms with Crippen LogP contribution in [0.15, 0.2) is 171 Å². The molecule has 0 spiro atoms. The number of ether oxygens (including phenoxy) is 1. The Morgan fingerprint density at radius 1 is 0.500 bits per heavy atom. The number of hydrogen-bond acceptors (Lipinski definition) is 7. The number of allylic oxidation sites excluding steroid dienone is 6. The lowest BCUT2D eigenvalue weighted by Gasteiger charge is -2.48. The summed E-state index contributed by atoms with van der Waals surface area (Å²) in [6.45, 7) is 47.3. The lowest BCUT2D eigenvalue weighted by atomic mass is 9.56. The minimum absolute atomic E-state index is 0.111. The second-order valence-corrected chi connectivity index (χ2v) is 50.7. The number of phenols is 1. The number of rotatable bonds is 10. The lowest BCUT2D eigenvalue weighted by Crippen LogP contribution is -2.38. The Balaban J connectivity index is 0.000000138. The van der Waals surface area contributed by atoms with Crippen molar-refractivity contribution in [2.75, 3.05) is 7.11 Å². The molecule has 11 aliphatic rings. The van der Waals surface area contributed by atoms with E-state index in [0.717, 1.165) is 114 Å². The summed E-state index contributed by atoms with van der Waals surface area (Å²) in [5.41, 5.74) is 35.6. The largest absolute Gasteiger partial charge is 0.508 e. The van der Waals surface area contributed by atoms with Gasteiger partial charge >= 0.3 is 0 Å². The van der Waals surface area contributed by atoms with E-state index in [0.29, 0.717) is 18.6 Å². The Morgan fingerprint density at radius 3 is 1.36 bits per heavy atom. The maximum atomic E-state index is 10.4. The highest BCUT2D eigenvalue weighted by molar-refractivity contribution is 6.84. The summed E-state index contributed by atoms with van der Waals surface area (Å²) in [6.07, 6.45) is 26.8. The highest BCUT2D eigenvalue weighted by Crippen LogP contribution is 2.64. The van der Waals surface area contributed by atoms with Gasteiger partial charge in [-0.25, -0.2) is 0 Å². The van der Waals surface area contributed by atoms with Crippen molar-refractivity contribution >= 4 is 16.1 Å². The van der Waals surface area contributed by atoms with Crippen molar-refractivity contribution in [1.82, 2.24) is 0 Å². The Labute approximate surface area is 691 Å². The second kappa shape index (κ2) is 35.2. The first-order chi connectivity index (χ1) is 53.5. The average Bonchev–Trinajstić information content (AvgIpc) is 1.36. The van der Waals surface area contributed by atoms with Gasteiger partial charge in [-0.05, 0) is 298 Å². The molecule has 0 aliphatic heterocycles. The van der Waals surface area contributed by atoms with Crippen LogP contribution in [0.4, 0.5) is 0 Å². The molecule has 11 aliphatic carbocycles. The molecule has 9 heteroatoms. The van der Waals surface area contributed by atoms with Crippen LogP contribution in [0.2, 0.25) is 39.3 Å². The minimum Gasteiger partial charge on any atom is -0.508 e. The van der Waals surface area contributed by atoms with E-state index in [4.69, 9.17) is 4.74 Å². The molecule has 0 saturated heterocycles. The smallest absolute Gasteiger partial charge is 0.129 e. The molecule has 114 heavy (non-hydrogen) atoms. The Hall–Kier alpha value is -6.51. The van der Waals surface area contributed by atoms with Crippen molar-refractivity contribution < 1.29 is 35.4 Å². The maximum Gasteiger partial charge on any atom is 0.129 e. The fraction of sp³-hybridized carbons (Fsp3) is 0.562. The van der Waals surface area contributed by atoms with E-state index in [1.807, 2.05) is 32.0 Å². The summed E-state index contributed by atoms with van der Waals surface area (Å²) in [5, 5.41) is 62.0. The van der Waals surface area contributed by atoms with Crippen LogP contribution in [0.1, 0.15) is 272 Å². The molecule has 0 heterocycles. The van der Waals surface area contributed by atoms with Crippen LogP contribution in [0.5, 0.6) is 11.5 Å². The summed E-state index contributed by atoms with van der Waals surface area (Å²) in [4.78, 5) is 0. The summed E-state index contributed by atoms with van der Waals surface area (Å²) in [7, 11) is -0.662. The molecular weight excluding hydrogens is 1430 g/mol. The molecule has 0 amide bonds. The van der Waals surface area contributed by atoms with Crippen molar-refractivity contribution in [3.63, 3.8) is 0 Å². The standard InChI is InChI=1S/C23H34O2Si.2C20H26O.C19H24O2.C17H22O.C6H12Si/c1-16-20(11-10-17-8-7-9-19(12-17)25-3)21-13-18(24)14-23(21,2)15-22(16)26(4,5)6;2*1-13-4-6-16-14(10-13)5-7-17-18-11-15(21)12-19(18,2)8-9-20(16,17)3;1-18-7-8-19(2)15-6-4-13(20)9-12(15)3-5-16(19)17(18)10-14(21)11-18;1-14(2)12-17(18)11-6-4-5-9-16-10-7-8-15(3)13-16;1-5-6-7(2,3)4/h7-9,12,18,24H,10-11,13-15H2,1-6H3;2*4,6,10,15,21H,5,7-9,11-12H2,1-3H3;4,6,9,14,20-21H,3,5,7-8,10-11H2,1-2H3;7-8,10,13,17-18H,1,5,9,11-12H2,2-3H3;1-4H3/t18-,23+;15-,19-,20+;15-,19-,20-;14-,18-,19-;17-;/m11111./s1. The van der Waals surface area contributed by atoms with Crippen LogP contribution < -0.4 is 4.74 Å². The Kier molecular flexibility index (Phi) is 27.3. The van der Waals surface area contributed by atoms with E-state index in [1.165, 1.54) is 113 Å². The number of phenolic OH excluding ortho intramolecular Hbond substituents is 1. The summed E-state index contributed by atoms with van der Waals surface area (Å²) in [5.74, 6) is 10.4. The van der Waals surface area contributed by atoms with Gasteiger partial charge in [0.1, 0.15) is 19.6 Å². The second-order valence-electron chi connectivity index (χ2n) is 40.8. The molecular formula is C105H144O7Si2. The van der Waals surface area contributed by atoms with E-state index in [9.17, 15) is 30.6 Å². The average molecular weight is 1570 g/mol. The van der Waals surface area contributed by atoms with Gasteiger partial charge in [-0.2, -0.15) is 0 Å². The molecule has 614 valence electrons. The van der Waals surface area contributed by atoms with Crippen LogP contribution in [0.3, 0.4) is 0 Å². The fourth-order valence-electron chi connectivity index (χ4n) is 23.3. The zero-order valence-electron chi connectivity index (χ0n) is 74.1. The predicted octanol–water partition coefficient (Wildman–Crippen LogP) is 24.0. The first-order valence-electron chi connectivity index (χ1n) is 43.8. The van der Waals surface area contributed by atoms with Crippen molar-refractivity contribution in [1.29, 1.82) is 0 Å². The molecule has 0 aromatic heterocycles. The number of aliphatic hydroxyl groups excluding tert-OH is 5. The van der Waals surface area contributed by atoms with E-state index in [2.05, 4.69) is 230 Å². The van der Waals surface area contributed by atoms with E-state index in [-0.39, 0.29) is 68.4 Å². The Morgan fingerprint density at radius 2 is 0.930 bits per heavy atom. The lowest BCUT2D eigenvalue weighted by molar-refractivity contribution is 0.156. The summed E-state index contributed by atoms with van der Waals surface area (Å²) in [6, 6.07) is 36.9. The summed E-state index contributed by atoms with van der Waals surface area (Å²) < 4.78 is 5.38. The third-order valence-electron chi connectivity index (χ3n) is 29.1. The number of aromatic hydroxyl groups is 1. The van der Waals surface area contributed by atoms with Gasteiger partial charge < -0.3 is 35.4 Å². The zero-order valence-corrected chi connectivity index (χ0v) is 76.1. The number of benzene rings is 5. The van der Waals surface area contributed by atoms with Gasteiger partial charge in [-0.15, -0.1) is 29.9 Å². The van der Waals surface area contributed by atoms with Gasteiger partial charge in [-0.1, -0.05) is 239 Å². The molecule has 16 rings (SSSR count). The molecule has 5 aromatic carbocycles. The van der Waals surface area contributed by atoms with Crippen LogP contribution in [0.25, 0.3) is 0 Å². The highest BCUT2D eigenvalue weighted by Gasteiger charge is 2.54. The molecule has 0 bridgehead atoms. The van der Waals surface area contributed by atoms with Gasteiger partial charge in [0.25, 0.3) is 0 Å². The van der Waals surface area contributed by atoms with Crippen LogP contribution >= 0.6 is 0 Å². The minimum atomic E-state index is -1.37. The van der Waals surface area contributed by atoms with Gasteiger partial charge in [0.05, 0.1) is 45.7 Å². The first-order valence-corrected chi connectivity index (χ1v) is 50.8. The molecule has 0 radical (unpaired) electrons. The monoisotopic (exact) mass is 1570 g/mol. The first kappa shape index (κ1) is 88.3. The number of fused-ring (bicyclic) bond motifs is 13. The predicted molar refractivity (Wildman–Crippen MR) is 483 cm³/mol. The molecule has 4 saturated carbocycles. The third kappa shape index (κ3) is 19.6. The molecule has 6 N–H and O–H groups in total. The van der Waals surface area contributed by atoms with Crippen LogP contribution in [-0.4, -0.2) is 84.4 Å². The van der Waals surface area contributed by atoms with Crippen LogP contribution in [-0.2, 0) is 48.3 Å². The van der Waals surface area contributed by atoms with Crippen molar-refractivity contribution in [2.45, 2.75) is 349 Å². The zero-order chi connectivity index (χ0) is 82.9. The van der Waals surface area contributed by atoms with E-state index < -0.39 is 16.1 Å². The van der Waals surface area contributed by atoms with Crippen molar-refractivity contribution in [2.24, 2.45) is 21.7 Å². The van der Waals surface area contributed by atoms with Gasteiger partial charge in [0.15, 0.2) is 0 Å². The molecule has 7 nitrogen and oxygen atoms in total. The number of methoxy groups -OCH3 is 1. The van der Waals surface area contributed by atoms with Crippen LogP contribution in [0, 0.1) is 65.7 Å². The molecule has 4 fully saturated rings. The van der Waals surface area contributed by atoms with Gasteiger partial charge in [-0.3, -0.25) is 0 Å². The maximum absolute atomic E-state index is 10.4. The fourth-order valence-corrected chi connectivity index (χ4v) is 26.3. The Bertz CT molecular complexity index is 4420. The van der Waals surface area contributed by atoms with E-state index in [1.54, 1.807) is 68.0 Å². The highest BCUT2D eigenvalue weighted by atomic mass is 28.3. The summed E-state index contributed by atoms with van der Waals surface area (Å²) >= 11 is 0. The SMILES string of the molecule is C=C(C)C[C@H](O)CC#CCCc1cccc(C)c1.CC#C[Si](C)(C)C.COc1cccc(CCC2=C3C[C@@H](O)C[C@@]3(C)CC([Si](C)(C)C)=C2C)c1.C[C@]12CC[C@@]3(C)C(=C1C[C@@H](O)C2)CCc1cc(O)ccc13.Cc1ccc2c(c1)CCC1=C3C[C@@H](O)C[C@@]3(C)CC[C@@]12C.Cc1ccc2c(c1)CCC1=C3C[C@@H](O)C[C@@]3(C)CC[C@]12C.